The lowest BCUT2D eigenvalue weighted by molar-refractivity contribution is 0.0943. The van der Waals surface area contributed by atoms with Gasteiger partial charge in [0.25, 0.3) is 5.91 Å². The fraction of sp³-hybridized carbons (Fsp3) is 0.333. The Balaban J connectivity index is 1.54. The number of rotatable bonds is 4. The summed E-state index contributed by atoms with van der Waals surface area (Å²) in [6.07, 6.45) is 1.81. The summed E-state index contributed by atoms with van der Waals surface area (Å²) in [5, 5.41) is 4.40. The van der Waals surface area contributed by atoms with E-state index in [1.165, 1.54) is 0 Å². The molecule has 3 heterocycles. The second-order valence-electron chi connectivity index (χ2n) is 7.20. The number of anilines is 1. The fourth-order valence-electron chi connectivity index (χ4n) is 3.73. The number of hydrogen-bond acceptors (Lipinski definition) is 4. The molecule has 1 aromatic carbocycles. The molecule has 1 aliphatic heterocycles. The number of benzene rings is 1. The molecule has 0 atom stereocenters. The molecule has 1 N–H and O–H groups in total. The number of amides is 1. The molecule has 6 nitrogen and oxygen atoms in total. The maximum atomic E-state index is 12.9. The fourth-order valence-corrected chi connectivity index (χ4v) is 4.10. The number of piperazine rings is 1. The Kier molecular flexibility index (Phi) is 5.24. The van der Waals surface area contributed by atoms with Crippen LogP contribution in [0.5, 0.6) is 0 Å². The van der Waals surface area contributed by atoms with Gasteiger partial charge in [-0.1, -0.05) is 35.9 Å². The van der Waals surface area contributed by atoms with Gasteiger partial charge in [0, 0.05) is 62.4 Å². The second-order valence-corrected chi connectivity index (χ2v) is 7.58. The lowest BCUT2D eigenvalue weighted by Gasteiger charge is -2.34. The van der Waals surface area contributed by atoms with Gasteiger partial charge in [-0.05, 0) is 19.2 Å². The highest BCUT2D eigenvalue weighted by Gasteiger charge is 2.21. The van der Waals surface area contributed by atoms with E-state index in [9.17, 15) is 4.79 Å². The molecule has 0 bridgehead atoms. The summed E-state index contributed by atoms with van der Waals surface area (Å²) < 4.78 is 1.84. The number of para-hydroxylation sites is 1. The minimum Gasteiger partial charge on any atom is -0.354 e. The molecule has 0 unspecified atom stereocenters. The Hall–Kier alpha value is -2.57. The van der Waals surface area contributed by atoms with E-state index in [1.807, 2.05) is 48.0 Å². The van der Waals surface area contributed by atoms with Crippen LogP contribution in [-0.2, 0) is 13.6 Å². The Labute approximate surface area is 169 Å². The van der Waals surface area contributed by atoms with Crippen LogP contribution in [0.25, 0.3) is 10.9 Å². The lowest BCUT2D eigenvalue weighted by Crippen LogP contribution is -2.45. The van der Waals surface area contributed by atoms with Crippen LogP contribution in [0, 0.1) is 0 Å². The van der Waals surface area contributed by atoms with Crippen LogP contribution in [0.1, 0.15) is 16.1 Å². The molecule has 0 aliphatic carbocycles. The first-order valence-corrected chi connectivity index (χ1v) is 9.82. The molecular weight excluding hydrogens is 374 g/mol. The zero-order valence-corrected chi connectivity index (χ0v) is 16.9. The van der Waals surface area contributed by atoms with Crippen LogP contribution in [0.15, 0.2) is 42.6 Å². The van der Waals surface area contributed by atoms with E-state index in [4.69, 9.17) is 11.6 Å². The van der Waals surface area contributed by atoms with Crippen molar-refractivity contribution in [3.8, 4) is 0 Å². The first-order chi connectivity index (χ1) is 13.6. The minimum absolute atomic E-state index is 0.183. The maximum Gasteiger partial charge on any atom is 0.269 e. The quantitative estimate of drug-likeness (QED) is 0.735. The van der Waals surface area contributed by atoms with Gasteiger partial charge in [0.05, 0.1) is 5.02 Å². The van der Waals surface area contributed by atoms with E-state index < -0.39 is 0 Å². The monoisotopic (exact) mass is 397 g/mol. The average molecular weight is 398 g/mol. The SMILES string of the molecule is CN1CCN(c2ncccc2CNC(=O)c2c(Cl)c3ccccc3n2C)CC1. The summed E-state index contributed by atoms with van der Waals surface area (Å²) in [4.78, 5) is 22.1. The summed E-state index contributed by atoms with van der Waals surface area (Å²) in [6.45, 7) is 4.29. The molecule has 0 spiro atoms. The van der Waals surface area contributed by atoms with Gasteiger partial charge in [0.15, 0.2) is 0 Å². The Morgan fingerprint density at radius 2 is 1.86 bits per heavy atom. The maximum absolute atomic E-state index is 12.9. The Bertz CT molecular complexity index is 968. The highest BCUT2D eigenvalue weighted by Crippen LogP contribution is 2.29. The molecule has 2 aromatic heterocycles. The first-order valence-electron chi connectivity index (χ1n) is 9.44. The van der Waals surface area contributed by atoms with E-state index in [0.717, 1.165) is 48.5 Å². The second kappa shape index (κ2) is 7.81. The third kappa shape index (κ3) is 3.45. The van der Waals surface area contributed by atoms with Gasteiger partial charge in [-0.3, -0.25) is 4.79 Å². The molecule has 1 saturated heterocycles. The van der Waals surface area contributed by atoms with Gasteiger partial charge in [-0.15, -0.1) is 0 Å². The van der Waals surface area contributed by atoms with E-state index in [1.54, 1.807) is 6.20 Å². The number of carbonyl (C=O) groups is 1. The van der Waals surface area contributed by atoms with Crippen molar-refractivity contribution in [3.63, 3.8) is 0 Å². The third-order valence-corrected chi connectivity index (χ3v) is 5.75. The standard InChI is InChI=1S/C21H24ClN5O/c1-25-10-12-27(13-11-25)20-15(6-5-9-23-20)14-24-21(28)19-18(22)16-7-3-4-8-17(16)26(19)2/h3-9H,10-14H2,1-2H3,(H,24,28). The summed E-state index contributed by atoms with van der Waals surface area (Å²) in [6, 6.07) is 11.7. The number of nitrogens with zero attached hydrogens (tertiary/aromatic N) is 4. The molecule has 28 heavy (non-hydrogen) atoms. The predicted molar refractivity (Wildman–Crippen MR) is 113 cm³/mol. The number of aryl methyl sites for hydroxylation is 1. The van der Waals surface area contributed by atoms with Gasteiger partial charge in [0.2, 0.25) is 0 Å². The molecule has 1 amide bonds. The van der Waals surface area contributed by atoms with Crippen molar-refractivity contribution in [1.29, 1.82) is 0 Å². The molecule has 1 fully saturated rings. The highest BCUT2D eigenvalue weighted by atomic mass is 35.5. The van der Waals surface area contributed by atoms with Crippen molar-refractivity contribution >= 4 is 34.2 Å². The summed E-state index contributed by atoms with van der Waals surface area (Å²) >= 11 is 6.50. The third-order valence-electron chi connectivity index (χ3n) is 5.37. The number of likely N-dealkylation sites (N-methyl/N-ethyl adjacent to an activating group) is 1. The first kappa shape index (κ1) is 18.8. The predicted octanol–water partition coefficient (Wildman–Crippen LogP) is 2.91. The van der Waals surface area contributed by atoms with Crippen LogP contribution in [-0.4, -0.2) is 53.6 Å². The molecule has 7 heteroatoms. The van der Waals surface area contributed by atoms with Crippen LogP contribution in [0.2, 0.25) is 5.02 Å². The van der Waals surface area contributed by atoms with Crippen molar-refractivity contribution < 1.29 is 4.79 Å². The van der Waals surface area contributed by atoms with E-state index >= 15 is 0 Å². The van der Waals surface area contributed by atoms with Crippen LogP contribution >= 0.6 is 11.6 Å². The van der Waals surface area contributed by atoms with Crippen molar-refractivity contribution in [2.45, 2.75) is 6.54 Å². The molecule has 146 valence electrons. The number of hydrogen-bond donors (Lipinski definition) is 1. The van der Waals surface area contributed by atoms with Gasteiger partial charge in [-0.25, -0.2) is 4.98 Å². The number of halogens is 1. The number of fused-ring (bicyclic) bond motifs is 1. The number of aromatic nitrogens is 2. The van der Waals surface area contributed by atoms with Gasteiger partial charge in [0.1, 0.15) is 11.5 Å². The number of pyridine rings is 1. The number of carbonyl (C=O) groups excluding carboxylic acids is 1. The molecule has 0 saturated carbocycles. The van der Waals surface area contributed by atoms with Crippen LogP contribution in [0.3, 0.4) is 0 Å². The van der Waals surface area contributed by atoms with Crippen molar-refractivity contribution in [2.75, 3.05) is 38.1 Å². The molecule has 0 radical (unpaired) electrons. The minimum atomic E-state index is -0.183. The summed E-state index contributed by atoms with van der Waals surface area (Å²) in [7, 11) is 3.99. The van der Waals surface area contributed by atoms with Gasteiger partial charge < -0.3 is 19.7 Å². The molecule has 3 aromatic rings. The Morgan fingerprint density at radius 1 is 1.11 bits per heavy atom. The molecule has 4 rings (SSSR count). The van der Waals surface area contributed by atoms with Crippen LogP contribution in [0.4, 0.5) is 5.82 Å². The van der Waals surface area contributed by atoms with E-state index in [-0.39, 0.29) is 5.91 Å². The average Bonchev–Trinajstić information content (AvgIpc) is 2.98. The highest BCUT2D eigenvalue weighted by molar-refractivity contribution is 6.38. The molecular formula is C21H24ClN5O. The number of nitrogens with one attached hydrogen (secondary N) is 1. The van der Waals surface area contributed by atoms with E-state index in [0.29, 0.717) is 17.3 Å². The zero-order chi connectivity index (χ0) is 19.7. The van der Waals surface area contributed by atoms with Crippen molar-refractivity contribution in [3.05, 3.63) is 58.9 Å². The smallest absolute Gasteiger partial charge is 0.269 e. The van der Waals surface area contributed by atoms with Crippen LogP contribution < -0.4 is 10.2 Å². The largest absolute Gasteiger partial charge is 0.354 e. The lowest BCUT2D eigenvalue weighted by atomic mass is 10.2. The summed E-state index contributed by atoms with van der Waals surface area (Å²) in [5.74, 6) is 0.760. The van der Waals surface area contributed by atoms with Crippen molar-refractivity contribution in [2.24, 2.45) is 7.05 Å². The zero-order valence-electron chi connectivity index (χ0n) is 16.2. The van der Waals surface area contributed by atoms with Gasteiger partial charge >= 0.3 is 0 Å². The van der Waals surface area contributed by atoms with Gasteiger partial charge in [-0.2, -0.15) is 0 Å². The summed E-state index contributed by atoms with van der Waals surface area (Å²) in [5.41, 5.74) is 2.43. The topological polar surface area (TPSA) is 53.4 Å². The normalized spacial score (nSPS) is 15.2. The Morgan fingerprint density at radius 3 is 2.61 bits per heavy atom. The molecule has 1 aliphatic rings. The van der Waals surface area contributed by atoms with E-state index in [2.05, 4.69) is 27.1 Å². The van der Waals surface area contributed by atoms with Crippen molar-refractivity contribution in [1.82, 2.24) is 19.8 Å².